The highest BCUT2D eigenvalue weighted by Gasteiger charge is 2.53. The van der Waals surface area contributed by atoms with Gasteiger partial charge in [0.05, 0.1) is 6.04 Å². The molecule has 0 radical (unpaired) electrons. The Kier molecular flexibility index (Phi) is 5.30. The number of rotatable bonds is 5. The van der Waals surface area contributed by atoms with Gasteiger partial charge in [-0.25, -0.2) is 9.37 Å². The first-order valence-electron chi connectivity index (χ1n) is 9.55. The molecule has 2 unspecified atom stereocenters. The van der Waals surface area contributed by atoms with Crippen molar-refractivity contribution in [2.24, 2.45) is 5.92 Å². The Hall–Kier alpha value is -3.19. The molecular formula is C23H19FN2O3S. The number of hydrogen-bond donors (Lipinski definition) is 0. The van der Waals surface area contributed by atoms with Crippen LogP contribution in [-0.4, -0.2) is 22.5 Å². The van der Waals surface area contributed by atoms with Gasteiger partial charge in [0.15, 0.2) is 10.9 Å². The third kappa shape index (κ3) is 3.45. The fourth-order valence-electron chi connectivity index (χ4n) is 3.69. The second kappa shape index (κ2) is 7.91. The normalized spacial score (nSPS) is 19.0. The molecule has 0 N–H and O–H groups in total. The van der Waals surface area contributed by atoms with Crippen molar-refractivity contribution in [2.45, 2.75) is 25.8 Å². The Bertz CT molecular complexity index is 1090. The van der Waals surface area contributed by atoms with Crippen LogP contribution in [0.15, 0.2) is 60.1 Å². The maximum absolute atomic E-state index is 13.3. The average Bonchev–Trinajstić information content (AvgIpc) is 3.35. The smallest absolute Gasteiger partial charge is 0.293 e. The molecule has 4 rings (SSSR count). The van der Waals surface area contributed by atoms with Crippen molar-refractivity contribution in [3.63, 3.8) is 0 Å². The van der Waals surface area contributed by atoms with Gasteiger partial charge in [0.25, 0.3) is 5.91 Å². The van der Waals surface area contributed by atoms with Crippen molar-refractivity contribution in [3.05, 3.63) is 82.6 Å². The number of anilines is 1. The third-order valence-electron chi connectivity index (χ3n) is 5.29. The zero-order valence-electron chi connectivity index (χ0n) is 16.4. The molecular weight excluding hydrogens is 403 g/mol. The van der Waals surface area contributed by atoms with Crippen LogP contribution in [0.2, 0.25) is 0 Å². The summed E-state index contributed by atoms with van der Waals surface area (Å²) < 4.78 is 13.3. The molecule has 5 nitrogen and oxygen atoms in total. The van der Waals surface area contributed by atoms with E-state index in [9.17, 15) is 18.8 Å². The SMILES string of the molecule is CC(C)c1ccc(C2C(C(=O)c3ccc(F)cc3)C(=O)C(=O)N2c2nccs2)cc1. The standard InChI is InChI=1S/C23H19FN2O3S/c1-13(2)14-3-5-15(6-4-14)19-18(20(27)16-7-9-17(24)10-8-16)21(28)22(29)26(19)23-25-11-12-30-23/h3-13,18-19H,1-2H3. The summed E-state index contributed by atoms with van der Waals surface area (Å²) in [7, 11) is 0. The van der Waals surface area contributed by atoms with Crippen LogP contribution in [0.25, 0.3) is 0 Å². The summed E-state index contributed by atoms with van der Waals surface area (Å²) in [4.78, 5) is 44.6. The molecule has 30 heavy (non-hydrogen) atoms. The highest BCUT2D eigenvalue weighted by Crippen LogP contribution is 2.42. The van der Waals surface area contributed by atoms with E-state index in [1.807, 2.05) is 24.3 Å². The van der Waals surface area contributed by atoms with Crippen molar-refractivity contribution >= 4 is 33.9 Å². The van der Waals surface area contributed by atoms with Crippen molar-refractivity contribution in [3.8, 4) is 0 Å². The van der Waals surface area contributed by atoms with Crippen molar-refractivity contribution < 1.29 is 18.8 Å². The van der Waals surface area contributed by atoms with Gasteiger partial charge < -0.3 is 0 Å². The highest BCUT2D eigenvalue weighted by atomic mass is 32.1. The first-order valence-corrected chi connectivity index (χ1v) is 10.4. The number of benzene rings is 2. The minimum Gasteiger partial charge on any atom is -0.293 e. The lowest BCUT2D eigenvalue weighted by molar-refractivity contribution is -0.135. The van der Waals surface area contributed by atoms with Crippen LogP contribution in [0.5, 0.6) is 0 Å². The Morgan fingerprint density at radius 3 is 2.30 bits per heavy atom. The third-order valence-corrected chi connectivity index (χ3v) is 6.06. The summed E-state index contributed by atoms with van der Waals surface area (Å²) >= 11 is 1.22. The number of carbonyl (C=O) groups excluding carboxylic acids is 3. The maximum atomic E-state index is 13.3. The second-order valence-electron chi connectivity index (χ2n) is 7.47. The van der Waals surface area contributed by atoms with Gasteiger partial charge in [-0.1, -0.05) is 38.1 Å². The van der Waals surface area contributed by atoms with E-state index in [-0.39, 0.29) is 5.56 Å². The van der Waals surface area contributed by atoms with E-state index in [2.05, 4.69) is 18.8 Å². The van der Waals surface area contributed by atoms with Crippen LogP contribution >= 0.6 is 11.3 Å². The molecule has 0 saturated carbocycles. The maximum Gasteiger partial charge on any atom is 0.297 e. The summed E-state index contributed by atoms with van der Waals surface area (Å²) in [5.74, 6) is -3.44. The minimum atomic E-state index is -1.23. The number of hydrogen-bond acceptors (Lipinski definition) is 5. The van der Waals surface area contributed by atoms with E-state index in [0.29, 0.717) is 16.6 Å². The number of aromatic nitrogens is 1. The van der Waals surface area contributed by atoms with Crippen LogP contribution in [0.3, 0.4) is 0 Å². The van der Waals surface area contributed by atoms with Crippen LogP contribution in [0, 0.1) is 11.7 Å². The number of carbonyl (C=O) groups is 3. The van der Waals surface area contributed by atoms with Gasteiger partial charge in [0.2, 0.25) is 5.78 Å². The molecule has 152 valence electrons. The number of Topliss-reactive ketones (excluding diaryl/α,β-unsaturated/α-hetero) is 2. The Morgan fingerprint density at radius 1 is 1.07 bits per heavy atom. The quantitative estimate of drug-likeness (QED) is 0.343. The number of ketones is 2. The first kappa shape index (κ1) is 20.1. The Morgan fingerprint density at radius 2 is 1.73 bits per heavy atom. The van der Waals surface area contributed by atoms with Crippen molar-refractivity contribution in [1.82, 2.24) is 4.98 Å². The van der Waals surface area contributed by atoms with Crippen molar-refractivity contribution in [2.75, 3.05) is 4.90 Å². The van der Waals surface area contributed by atoms with E-state index in [4.69, 9.17) is 0 Å². The van der Waals surface area contributed by atoms with E-state index >= 15 is 0 Å². The fourth-order valence-corrected chi connectivity index (χ4v) is 4.36. The molecule has 7 heteroatoms. The molecule has 2 aromatic carbocycles. The van der Waals surface area contributed by atoms with Gasteiger partial charge in [0, 0.05) is 17.1 Å². The van der Waals surface area contributed by atoms with Crippen LogP contribution < -0.4 is 4.90 Å². The number of halogens is 1. The molecule has 3 aromatic rings. The van der Waals surface area contributed by atoms with Gasteiger partial charge in [-0.05, 0) is 41.3 Å². The lowest BCUT2D eigenvalue weighted by Crippen LogP contribution is -2.30. The van der Waals surface area contributed by atoms with Gasteiger partial charge >= 0.3 is 0 Å². The van der Waals surface area contributed by atoms with Gasteiger partial charge in [0.1, 0.15) is 11.7 Å². The highest BCUT2D eigenvalue weighted by molar-refractivity contribution is 7.14. The molecule has 1 aliphatic rings. The molecule has 1 fully saturated rings. The van der Waals surface area contributed by atoms with Crippen LogP contribution in [0.1, 0.15) is 47.3 Å². The Balaban J connectivity index is 1.82. The first-order chi connectivity index (χ1) is 14.4. The summed E-state index contributed by atoms with van der Waals surface area (Å²) in [5, 5.41) is 2.07. The van der Waals surface area contributed by atoms with Crippen LogP contribution in [0.4, 0.5) is 9.52 Å². The zero-order chi connectivity index (χ0) is 21.4. The topological polar surface area (TPSA) is 67.3 Å². The number of amides is 1. The predicted molar refractivity (Wildman–Crippen MR) is 112 cm³/mol. The molecule has 1 aliphatic heterocycles. The van der Waals surface area contributed by atoms with Crippen molar-refractivity contribution in [1.29, 1.82) is 0 Å². The summed E-state index contributed by atoms with van der Waals surface area (Å²) in [6.07, 6.45) is 1.55. The zero-order valence-corrected chi connectivity index (χ0v) is 17.2. The number of nitrogens with zero attached hydrogens (tertiary/aromatic N) is 2. The monoisotopic (exact) mass is 422 g/mol. The molecule has 2 heterocycles. The molecule has 2 atom stereocenters. The lowest BCUT2D eigenvalue weighted by atomic mass is 9.86. The van der Waals surface area contributed by atoms with E-state index in [1.165, 1.54) is 40.5 Å². The molecule has 1 amide bonds. The van der Waals surface area contributed by atoms with E-state index in [1.54, 1.807) is 11.6 Å². The Labute approximate surface area is 177 Å². The minimum absolute atomic E-state index is 0.187. The fraction of sp³-hybridized carbons (Fsp3) is 0.217. The van der Waals surface area contributed by atoms with E-state index < -0.39 is 35.3 Å². The molecule has 1 aromatic heterocycles. The second-order valence-corrected chi connectivity index (χ2v) is 8.34. The lowest BCUT2D eigenvalue weighted by Gasteiger charge is -2.25. The van der Waals surface area contributed by atoms with Crippen LogP contribution in [-0.2, 0) is 9.59 Å². The van der Waals surface area contributed by atoms with Gasteiger partial charge in [-0.2, -0.15) is 0 Å². The largest absolute Gasteiger partial charge is 0.297 e. The average molecular weight is 422 g/mol. The number of thiazole rings is 1. The summed E-state index contributed by atoms with van der Waals surface area (Å²) in [5.41, 5.74) is 1.97. The van der Waals surface area contributed by atoms with Gasteiger partial charge in [-0.15, -0.1) is 11.3 Å². The molecule has 0 aliphatic carbocycles. The molecule has 1 saturated heterocycles. The van der Waals surface area contributed by atoms with E-state index in [0.717, 1.165) is 5.56 Å². The summed E-state index contributed by atoms with van der Waals surface area (Å²) in [6, 6.07) is 11.8. The molecule has 0 spiro atoms. The predicted octanol–water partition coefficient (Wildman–Crippen LogP) is 4.56. The van der Waals surface area contributed by atoms with Gasteiger partial charge in [-0.3, -0.25) is 19.3 Å². The molecule has 0 bridgehead atoms. The summed E-state index contributed by atoms with van der Waals surface area (Å²) in [6.45, 7) is 4.14.